The van der Waals surface area contributed by atoms with E-state index in [2.05, 4.69) is 34.9 Å². The van der Waals surface area contributed by atoms with Gasteiger partial charge in [0, 0.05) is 12.5 Å². The molecule has 3 aliphatic rings. The van der Waals surface area contributed by atoms with Crippen molar-refractivity contribution in [3.8, 4) is 11.1 Å². The fourth-order valence-electron chi connectivity index (χ4n) is 5.70. The maximum Gasteiger partial charge on any atom is 0.407 e. The van der Waals surface area contributed by atoms with Crippen molar-refractivity contribution in [2.75, 3.05) is 13.2 Å². The molecule has 3 aliphatic carbocycles. The topological polar surface area (TPSA) is 105 Å². The third-order valence-electron chi connectivity index (χ3n) is 7.93. The second kappa shape index (κ2) is 8.78. The smallest absolute Gasteiger partial charge is 0.407 e. The van der Waals surface area contributed by atoms with Crippen LogP contribution in [0, 0.1) is 5.41 Å². The van der Waals surface area contributed by atoms with E-state index in [0.29, 0.717) is 25.7 Å². The number of alkyl carbamates (subject to hydrolysis) is 1. The minimum Gasteiger partial charge on any atom is -0.480 e. The lowest BCUT2D eigenvalue weighted by molar-refractivity contribution is -0.153. The number of carboxylic acid groups (broad SMARTS) is 1. The molecule has 5 rings (SSSR count). The quantitative estimate of drug-likeness (QED) is 0.572. The van der Waals surface area contributed by atoms with Gasteiger partial charge in [0.05, 0.1) is 5.41 Å². The first-order chi connectivity index (χ1) is 16.4. The van der Waals surface area contributed by atoms with Gasteiger partial charge in [-0.25, -0.2) is 9.59 Å². The Morgan fingerprint density at radius 3 is 2.00 bits per heavy atom. The predicted molar refractivity (Wildman–Crippen MR) is 126 cm³/mol. The van der Waals surface area contributed by atoms with E-state index in [9.17, 15) is 19.5 Å². The van der Waals surface area contributed by atoms with Crippen molar-refractivity contribution in [2.45, 2.75) is 56.4 Å². The maximum absolute atomic E-state index is 13.2. The summed E-state index contributed by atoms with van der Waals surface area (Å²) in [6, 6.07) is 16.3. The number of rotatable bonds is 7. The number of ether oxygens (including phenoxy) is 1. The second-order valence-electron chi connectivity index (χ2n) is 9.86. The lowest BCUT2D eigenvalue weighted by Crippen LogP contribution is -2.62. The molecule has 0 aromatic heterocycles. The Bertz CT molecular complexity index is 1070. The molecule has 0 spiro atoms. The molecule has 2 aromatic carbocycles. The number of benzene rings is 2. The molecule has 2 aromatic rings. The minimum atomic E-state index is -1.16. The normalized spacial score (nSPS) is 19.4. The number of amides is 2. The van der Waals surface area contributed by atoms with Gasteiger partial charge in [-0.2, -0.15) is 0 Å². The van der Waals surface area contributed by atoms with Gasteiger partial charge in [0.25, 0.3) is 0 Å². The zero-order chi connectivity index (χ0) is 23.8. The molecule has 0 saturated heterocycles. The molecule has 0 atom stereocenters. The molecule has 178 valence electrons. The zero-order valence-electron chi connectivity index (χ0n) is 19.1. The standard InChI is InChI=1S/C27H30N2O5/c30-23(29-27(24(31)32)14-7-15-27)26(12-5-6-13-26)17-28-25(33)34-16-22-20-10-3-1-8-18(20)19-9-2-4-11-21(19)22/h1-4,8-11,22H,5-7,12-17H2,(H,28,33)(H,29,30)(H,31,32). The van der Waals surface area contributed by atoms with Crippen molar-refractivity contribution in [1.29, 1.82) is 0 Å². The van der Waals surface area contributed by atoms with Crippen LogP contribution in [0.2, 0.25) is 0 Å². The summed E-state index contributed by atoms with van der Waals surface area (Å²) < 4.78 is 5.62. The van der Waals surface area contributed by atoms with Crippen LogP contribution in [-0.4, -0.2) is 41.8 Å². The summed E-state index contributed by atoms with van der Waals surface area (Å²) >= 11 is 0. The van der Waals surface area contributed by atoms with E-state index in [1.54, 1.807) is 0 Å². The van der Waals surface area contributed by atoms with Crippen LogP contribution in [-0.2, 0) is 14.3 Å². The van der Waals surface area contributed by atoms with Crippen molar-refractivity contribution < 1.29 is 24.2 Å². The monoisotopic (exact) mass is 462 g/mol. The summed E-state index contributed by atoms with van der Waals surface area (Å²) in [5.41, 5.74) is 2.67. The molecule has 7 nitrogen and oxygen atoms in total. The predicted octanol–water partition coefficient (Wildman–Crippen LogP) is 4.21. The maximum atomic E-state index is 13.2. The fourth-order valence-corrected chi connectivity index (χ4v) is 5.70. The van der Waals surface area contributed by atoms with Gasteiger partial charge in [-0.05, 0) is 54.4 Å². The van der Waals surface area contributed by atoms with Gasteiger partial charge in [-0.1, -0.05) is 61.4 Å². The van der Waals surface area contributed by atoms with Crippen LogP contribution in [0.4, 0.5) is 4.79 Å². The molecular formula is C27H30N2O5. The molecular weight excluding hydrogens is 432 g/mol. The van der Waals surface area contributed by atoms with E-state index in [1.165, 1.54) is 0 Å². The molecule has 0 unspecified atom stereocenters. The molecule has 2 saturated carbocycles. The van der Waals surface area contributed by atoms with Crippen LogP contribution >= 0.6 is 0 Å². The van der Waals surface area contributed by atoms with E-state index in [4.69, 9.17) is 4.74 Å². The summed E-state index contributed by atoms with van der Waals surface area (Å²) in [4.78, 5) is 37.5. The summed E-state index contributed by atoms with van der Waals surface area (Å²) in [7, 11) is 0. The summed E-state index contributed by atoms with van der Waals surface area (Å²) in [5, 5.41) is 15.2. The van der Waals surface area contributed by atoms with Gasteiger partial charge in [0.15, 0.2) is 0 Å². The van der Waals surface area contributed by atoms with E-state index in [-0.39, 0.29) is 25.0 Å². The van der Waals surface area contributed by atoms with Crippen LogP contribution in [0.15, 0.2) is 48.5 Å². The van der Waals surface area contributed by atoms with Crippen LogP contribution in [0.1, 0.15) is 62.0 Å². The number of carbonyl (C=O) groups excluding carboxylic acids is 2. The molecule has 7 heteroatoms. The molecule has 3 N–H and O–H groups in total. The van der Waals surface area contributed by atoms with Crippen LogP contribution in [0.25, 0.3) is 11.1 Å². The van der Waals surface area contributed by atoms with Crippen molar-refractivity contribution in [3.05, 3.63) is 59.7 Å². The van der Waals surface area contributed by atoms with Gasteiger partial charge in [-0.3, -0.25) is 4.79 Å². The van der Waals surface area contributed by atoms with Gasteiger partial charge in [0.2, 0.25) is 5.91 Å². The Balaban J connectivity index is 1.22. The Labute approximate surface area is 198 Å². The number of carbonyl (C=O) groups is 3. The van der Waals surface area contributed by atoms with E-state index in [0.717, 1.165) is 41.5 Å². The summed E-state index contributed by atoms with van der Waals surface area (Å²) in [6.07, 6.45) is 4.12. The van der Waals surface area contributed by atoms with Gasteiger partial charge in [0.1, 0.15) is 12.1 Å². The third-order valence-corrected chi connectivity index (χ3v) is 7.93. The Morgan fingerprint density at radius 1 is 0.882 bits per heavy atom. The highest BCUT2D eigenvalue weighted by molar-refractivity contribution is 5.91. The van der Waals surface area contributed by atoms with Gasteiger partial charge >= 0.3 is 12.1 Å². The number of aliphatic carboxylic acids is 1. The zero-order valence-corrected chi connectivity index (χ0v) is 19.1. The Hall–Kier alpha value is -3.35. The highest BCUT2D eigenvalue weighted by Crippen LogP contribution is 2.44. The van der Waals surface area contributed by atoms with Crippen LogP contribution in [0.3, 0.4) is 0 Å². The molecule has 0 bridgehead atoms. The van der Waals surface area contributed by atoms with Crippen molar-refractivity contribution >= 4 is 18.0 Å². The largest absolute Gasteiger partial charge is 0.480 e. The first kappa shape index (κ1) is 22.4. The van der Waals surface area contributed by atoms with E-state index in [1.807, 2.05) is 24.3 Å². The Morgan fingerprint density at radius 2 is 1.47 bits per heavy atom. The van der Waals surface area contributed by atoms with E-state index >= 15 is 0 Å². The second-order valence-corrected chi connectivity index (χ2v) is 9.86. The summed E-state index contributed by atoms with van der Waals surface area (Å²) in [5.74, 6) is -1.29. The van der Waals surface area contributed by atoms with Gasteiger partial charge in [-0.15, -0.1) is 0 Å². The highest BCUT2D eigenvalue weighted by Gasteiger charge is 2.50. The number of carboxylic acids is 1. The third kappa shape index (κ3) is 3.83. The molecule has 2 fully saturated rings. The molecule has 0 radical (unpaired) electrons. The average Bonchev–Trinajstić information content (AvgIpc) is 3.42. The van der Waals surface area contributed by atoms with E-state index < -0.39 is 23.0 Å². The molecule has 0 aliphatic heterocycles. The first-order valence-corrected chi connectivity index (χ1v) is 12.1. The molecule has 0 heterocycles. The Kier molecular flexibility index (Phi) is 5.80. The van der Waals surface area contributed by atoms with Crippen LogP contribution < -0.4 is 10.6 Å². The van der Waals surface area contributed by atoms with Crippen molar-refractivity contribution in [2.24, 2.45) is 5.41 Å². The lowest BCUT2D eigenvalue weighted by atomic mass is 9.75. The van der Waals surface area contributed by atoms with Gasteiger partial charge < -0.3 is 20.5 Å². The number of nitrogens with one attached hydrogen (secondary N) is 2. The fraction of sp³-hybridized carbons (Fsp3) is 0.444. The number of fused-ring (bicyclic) bond motifs is 3. The SMILES string of the molecule is O=C(NCC1(C(=O)NC2(C(=O)O)CCC2)CCCC1)OCC1c2ccccc2-c2ccccc21. The van der Waals surface area contributed by atoms with Crippen molar-refractivity contribution in [1.82, 2.24) is 10.6 Å². The molecule has 34 heavy (non-hydrogen) atoms. The minimum absolute atomic E-state index is 0.0315. The summed E-state index contributed by atoms with van der Waals surface area (Å²) in [6.45, 7) is 0.354. The lowest BCUT2D eigenvalue weighted by Gasteiger charge is -2.41. The first-order valence-electron chi connectivity index (χ1n) is 12.1. The highest BCUT2D eigenvalue weighted by atomic mass is 16.5. The number of hydrogen-bond donors (Lipinski definition) is 3. The van der Waals surface area contributed by atoms with Crippen LogP contribution in [0.5, 0.6) is 0 Å². The average molecular weight is 463 g/mol. The molecule has 2 amide bonds. The van der Waals surface area contributed by atoms with Crippen molar-refractivity contribution in [3.63, 3.8) is 0 Å². The number of hydrogen-bond acceptors (Lipinski definition) is 4.